The molecule has 2 N–H and O–H groups in total. The number of carbonyl (C=O) groups is 2. The molecule has 29 heavy (non-hydrogen) atoms. The standard InChI is InChI=1S/C22H34N4O3/c1-23-18-9-7-17(8-10-18)22(28)24-19-11-15-25(16-20(19)29-2)12-5-6-21(27)26-13-3-4-14-26/h7-10,19-20,23H,3-6,11-16H2,1-2H3,(H,24,28). The smallest absolute Gasteiger partial charge is 0.251 e. The van der Waals surface area contributed by atoms with Gasteiger partial charge in [-0.2, -0.15) is 0 Å². The Bertz CT molecular complexity index is 673. The molecule has 1 aromatic carbocycles. The second kappa shape index (κ2) is 10.6. The fraction of sp³-hybridized carbons (Fsp3) is 0.636. The number of likely N-dealkylation sites (tertiary alicyclic amines) is 2. The third-order valence-corrected chi connectivity index (χ3v) is 6.02. The third-order valence-electron chi connectivity index (χ3n) is 6.02. The maximum atomic E-state index is 12.6. The maximum absolute atomic E-state index is 12.6. The van der Waals surface area contributed by atoms with Crippen LogP contribution in [0.25, 0.3) is 0 Å². The summed E-state index contributed by atoms with van der Waals surface area (Å²) in [6, 6.07) is 7.45. The Balaban J connectivity index is 1.43. The lowest BCUT2D eigenvalue weighted by Gasteiger charge is -2.38. The van der Waals surface area contributed by atoms with Gasteiger partial charge in [0.2, 0.25) is 5.91 Å². The van der Waals surface area contributed by atoms with Gasteiger partial charge < -0.3 is 25.2 Å². The monoisotopic (exact) mass is 402 g/mol. The van der Waals surface area contributed by atoms with Gasteiger partial charge in [0.15, 0.2) is 0 Å². The molecule has 0 aromatic heterocycles. The van der Waals surface area contributed by atoms with Crippen LogP contribution in [-0.2, 0) is 9.53 Å². The molecular weight excluding hydrogens is 368 g/mol. The van der Waals surface area contributed by atoms with Crippen molar-refractivity contribution in [3.8, 4) is 0 Å². The summed E-state index contributed by atoms with van der Waals surface area (Å²) in [7, 11) is 3.56. The molecule has 2 unspecified atom stereocenters. The van der Waals surface area contributed by atoms with Crippen molar-refractivity contribution in [1.29, 1.82) is 0 Å². The molecule has 1 aromatic rings. The lowest BCUT2D eigenvalue weighted by molar-refractivity contribution is -0.130. The molecule has 160 valence electrons. The highest BCUT2D eigenvalue weighted by molar-refractivity contribution is 5.94. The molecule has 0 spiro atoms. The zero-order chi connectivity index (χ0) is 20.6. The number of methoxy groups -OCH3 is 1. The average molecular weight is 403 g/mol. The van der Waals surface area contributed by atoms with E-state index in [9.17, 15) is 9.59 Å². The highest BCUT2D eigenvalue weighted by Crippen LogP contribution is 2.17. The van der Waals surface area contributed by atoms with E-state index in [-0.39, 0.29) is 24.0 Å². The van der Waals surface area contributed by atoms with Gasteiger partial charge in [-0.05, 0) is 56.5 Å². The number of anilines is 1. The summed E-state index contributed by atoms with van der Waals surface area (Å²) in [6.07, 6.45) is 4.58. The number of amides is 2. The Morgan fingerprint density at radius 2 is 1.86 bits per heavy atom. The summed E-state index contributed by atoms with van der Waals surface area (Å²) >= 11 is 0. The highest BCUT2D eigenvalue weighted by atomic mass is 16.5. The van der Waals surface area contributed by atoms with Gasteiger partial charge in [0.25, 0.3) is 5.91 Å². The lowest BCUT2D eigenvalue weighted by atomic mass is 10.0. The number of ether oxygens (including phenoxy) is 1. The van der Waals surface area contributed by atoms with Crippen molar-refractivity contribution in [2.24, 2.45) is 0 Å². The van der Waals surface area contributed by atoms with Gasteiger partial charge in [0, 0.05) is 58.0 Å². The van der Waals surface area contributed by atoms with E-state index >= 15 is 0 Å². The number of nitrogens with zero attached hydrogens (tertiary/aromatic N) is 2. The molecule has 3 rings (SSSR count). The second-order valence-electron chi connectivity index (χ2n) is 7.96. The van der Waals surface area contributed by atoms with Gasteiger partial charge in [-0.15, -0.1) is 0 Å². The van der Waals surface area contributed by atoms with Gasteiger partial charge in [-0.3, -0.25) is 9.59 Å². The predicted octanol–water partition coefficient (Wildman–Crippen LogP) is 1.95. The first-order valence-electron chi connectivity index (χ1n) is 10.7. The SMILES string of the molecule is CNc1ccc(C(=O)NC2CCN(CCCC(=O)N3CCCC3)CC2OC)cc1. The lowest BCUT2D eigenvalue weighted by Crippen LogP contribution is -2.54. The van der Waals surface area contributed by atoms with Gasteiger partial charge >= 0.3 is 0 Å². The van der Waals surface area contributed by atoms with Crippen molar-refractivity contribution in [1.82, 2.24) is 15.1 Å². The predicted molar refractivity (Wildman–Crippen MR) is 114 cm³/mol. The van der Waals surface area contributed by atoms with E-state index in [0.29, 0.717) is 12.0 Å². The molecule has 0 bridgehead atoms. The number of hydrogen-bond acceptors (Lipinski definition) is 5. The van der Waals surface area contributed by atoms with Gasteiger partial charge in [0.05, 0.1) is 12.1 Å². The topological polar surface area (TPSA) is 73.9 Å². The first kappa shape index (κ1) is 21.6. The van der Waals surface area contributed by atoms with Crippen LogP contribution in [0.4, 0.5) is 5.69 Å². The molecule has 2 fully saturated rings. The minimum atomic E-state index is -0.0654. The molecule has 2 aliphatic heterocycles. The minimum Gasteiger partial charge on any atom is -0.388 e. The second-order valence-corrected chi connectivity index (χ2v) is 7.96. The van der Waals surface area contributed by atoms with Crippen molar-refractivity contribution in [2.45, 2.75) is 44.2 Å². The molecule has 0 aliphatic carbocycles. The zero-order valence-electron chi connectivity index (χ0n) is 17.7. The Labute approximate surface area is 173 Å². The summed E-state index contributed by atoms with van der Waals surface area (Å²) in [4.78, 5) is 29.1. The summed E-state index contributed by atoms with van der Waals surface area (Å²) < 4.78 is 5.67. The first-order valence-corrected chi connectivity index (χ1v) is 10.7. The van der Waals surface area contributed by atoms with Gasteiger partial charge in [-0.1, -0.05) is 0 Å². The molecule has 2 saturated heterocycles. The number of nitrogens with one attached hydrogen (secondary N) is 2. The van der Waals surface area contributed by atoms with Crippen molar-refractivity contribution in [3.63, 3.8) is 0 Å². The van der Waals surface area contributed by atoms with E-state index in [4.69, 9.17) is 4.74 Å². The zero-order valence-corrected chi connectivity index (χ0v) is 17.7. The quantitative estimate of drug-likeness (QED) is 0.695. The average Bonchev–Trinajstić information content (AvgIpc) is 3.29. The van der Waals surface area contributed by atoms with E-state index in [2.05, 4.69) is 15.5 Å². The molecule has 0 radical (unpaired) electrons. The van der Waals surface area contributed by atoms with Crippen molar-refractivity contribution >= 4 is 17.5 Å². The van der Waals surface area contributed by atoms with Crippen LogP contribution in [0.1, 0.15) is 42.5 Å². The fourth-order valence-electron chi connectivity index (χ4n) is 4.21. The minimum absolute atomic E-state index is 0.000964. The highest BCUT2D eigenvalue weighted by Gasteiger charge is 2.30. The fourth-order valence-corrected chi connectivity index (χ4v) is 4.21. The van der Waals surface area contributed by atoms with Crippen molar-refractivity contribution in [3.05, 3.63) is 29.8 Å². The Morgan fingerprint density at radius 3 is 2.52 bits per heavy atom. The third kappa shape index (κ3) is 5.93. The van der Waals surface area contributed by atoms with E-state index < -0.39 is 0 Å². The maximum Gasteiger partial charge on any atom is 0.251 e. The summed E-state index contributed by atoms with van der Waals surface area (Å²) in [5.74, 6) is 0.224. The number of hydrogen-bond donors (Lipinski definition) is 2. The Hall–Kier alpha value is -2.12. The Kier molecular flexibility index (Phi) is 7.89. The molecule has 0 saturated carbocycles. The van der Waals surface area contributed by atoms with Crippen LogP contribution in [0.15, 0.2) is 24.3 Å². The molecule has 7 nitrogen and oxygen atoms in total. The van der Waals surface area contributed by atoms with Gasteiger partial charge in [-0.25, -0.2) is 0 Å². The first-order chi connectivity index (χ1) is 14.1. The van der Waals surface area contributed by atoms with Crippen LogP contribution < -0.4 is 10.6 Å². The van der Waals surface area contributed by atoms with E-state index in [1.165, 1.54) is 0 Å². The number of rotatable bonds is 8. The van der Waals surface area contributed by atoms with Crippen LogP contribution >= 0.6 is 0 Å². The molecule has 2 aliphatic rings. The van der Waals surface area contributed by atoms with Crippen molar-refractivity contribution in [2.75, 3.05) is 52.2 Å². The number of piperidine rings is 1. The van der Waals surface area contributed by atoms with Gasteiger partial charge in [0.1, 0.15) is 0 Å². The molecule has 7 heteroatoms. The molecule has 2 atom stereocenters. The summed E-state index contributed by atoms with van der Waals surface area (Å²) in [5, 5.41) is 6.19. The molecular formula is C22H34N4O3. The number of benzene rings is 1. The van der Waals surface area contributed by atoms with Crippen LogP contribution in [-0.4, -0.2) is 80.6 Å². The largest absolute Gasteiger partial charge is 0.388 e. The summed E-state index contributed by atoms with van der Waals surface area (Å²) in [6.45, 7) is 4.42. The molecule has 2 amide bonds. The summed E-state index contributed by atoms with van der Waals surface area (Å²) in [5.41, 5.74) is 1.63. The van der Waals surface area contributed by atoms with Crippen LogP contribution in [0.3, 0.4) is 0 Å². The Morgan fingerprint density at radius 1 is 1.14 bits per heavy atom. The number of carbonyl (C=O) groups excluding carboxylic acids is 2. The van der Waals surface area contributed by atoms with E-state index in [1.807, 2.05) is 36.2 Å². The van der Waals surface area contributed by atoms with E-state index in [0.717, 1.165) is 64.1 Å². The van der Waals surface area contributed by atoms with Crippen LogP contribution in [0.5, 0.6) is 0 Å². The molecule has 2 heterocycles. The van der Waals surface area contributed by atoms with Crippen molar-refractivity contribution < 1.29 is 14.3 Å². The van der Waals surface area contributed by atoms with Crippen LogP contribution in [0, 0.1) is 0 Å². The van der Waals surface area contributed by atoms with E-state index in [1.54, 1.807) is 7.11 Å². The normalized spacial score (nSPS) is 22.5. The van der Waals surface area contributed by atoms with Crippen LogP contribution in [0.2, 0.25) is 0 Å².